The molecule has 0 aliphatic heterocycles. The van der Waals surface area contributed by atoms with Gasteiger partial charge in [-0.2, -0.15) is 10.1 Å². The van der Waals surface area contributed by atoms with E-state index in [1.54, 1.807) is 0 Å². The Labute approximate surface area is 180 Å². The van der Waals surface area contributed by atoms with Crippen molar-refractivity contribution < 1.29 is 14.1 Å². The number of rotatable bonds is 5. The largest absolute Gasteiger partial charge is 0.280 e. The van der Waals surface area contributed by atoms with Gasteiger partial charge in [-0.1, -0.05) is 23.5 Å². The van der Waals surface area contributed by atoms with Crippen LogP contribution < -0.4 is 5.01 Å². The second-order valence-electron chi connectivity index (χ2n) is 6.69. The lowest BCUT2D eigenvalue weighted by Gasteiger charge is -2.13. The number of hydrazone groups is 1. The first-order valence-corrected chi connectivity index (χ1v) is 9.98. The maximum atomic E-state index is 13.7. The van der Waals surface area contributed by atoms with Crippen LogP contribution in [0.1, 0.15) is 21.5 Å². The third-order valence-corrected chi connectivity index (χ3v) is 5.40. The number of halogens is 1. The van der Waals surface area contributed by atoms with Gasteiger partial charge in [0.25, 0.3) is 11.6 Å². The zero-order valence-corrected chi connectivity index (χ0v) is 17.0. The van der Waals surface area contributed by atoms with Gasteiger partial charge < -0.3 is 0 Å². The van der Waals surface area contributed by atoms with Gasteiger partial charge in [-0.15, -0.1) is 0 Å². The number of thiazole rings is 1. The molecule has 0 saturated heterocycles. The van der Waals surface area contributed by atoms with Crippen LogP contribution in [0.2, 0.25) is 0 Å². The molecule has 0 aliphatic carbocycles. The zero-order chi connectivity index (χ0) is 22.0. The molecule has 0 spiro atoms. The number of hydrogen-bond donors (Lipinski definition) is 0. The Kier molecular flexibility index (Phi) is 5.50. The summed E-state index contributed by atoms with van der Waals surface area (Å²) in [4.78, 5) is 28.0. The predicted octanol–water partition coefficient (Wildman–Crippen LogP) is 5.33. The average Bonchev–Trinajstić information content (AvgIpc) is 3.16. The van der Waals surface area contributed by atoms with E-state index in [-0.39, 0.29) is 11.3 Å². The van der Waals surface area contributed by atoms with E-state index in [0.29, 0.717) is 16.2 Å². The van der Waals surface area contributed by atoms with Crippen molar-refractivity contribution in [3.8, 4) is 0 Å². The maximum Gasteiger partial charge on any atom is 0.280 e. The van der Waals surface area contributed by atoms with Gasteiger partial charge in [0.1, 0.15) is 5.82 Å². The van der Waals surface area contributed by atoms with Crippen molar-refractivity contribution in [2.45, 2.75) is 6.92 Å². The van der Waals surface area contributed by atoms with Crippen molar-refractivity contribution in [3.63, 3.8) is 0 Å². The molecule has 1 amide bonds. The summed E-state index contributed by atoms with van der Waals surface area (Å²) in [6.07, 6.45) is 1.40. The third kappa shape index (κ3) is 4.46. The summed E-state index contributed by atoms with van der Waals surface area (Å²) in [5, 5.41) is 16.5. The number of nitrogens with zero attached hydrogens (tertiary/aromatic N) is 4. The number of nitro benzene ring substituents is 1. The van der Waals surface area contributed by atoms with E-state index >= 15 is 0 Å². The minimum absolute atomic E-state index is 0.0496. The van der Waals surface area contributed by atoms with Gasteiger partial charge in [-0.25, -0.2) is 9.37 Å². The minimum Gasteiger partial charge on any atom is -0.267 e. The van der Waals surface area contributed by atoms with Gasteiger partial charge >= 0.3 is 0 Å². The fourth-order valence-corrected chi connectivity index (χ4v) is 3.87. The van der Waals surface area contributed by atoms with Gasteiger partial charge in [-0.3, -0.25) is 14.9 Å². The monoisotopic (exact) mass is 434 g/mol. The molecule has 31 heavy (non-hydrogen) atoms. The third-order valence-electron chi connectivity index (χ3n) is 4.40. The fourth-order valence-electron chi connectivity index (χ4n) is 2.85. The number of fused-ring (bicyclic) bond motifs is 1. The van der Waals surface area contributed by atoms with Crippen molar-refractivity contribution in [2.75, 3.05) is 5.01 Å². The number of hydrogen-bond acceptors (Lipinski definition) is 6. The molecule has 0 saturated carbocycles. The second-order valence-corrected chi connectivity index (χ2v) is 7.70. The molecular formula is C22H15FN4O3S. The number of carbonyl (C=O) groups is 1. The molecule has 7 nitrogen and oxygen atoms in total. The van der Waals surface area contributed by atoms with Crippen LogP contribution in [0.25, 0.3) is 10.2 Å². The zero-order valence-electron chi connectivity index (χ0n) is 16.2. The second kappa shape index (κ2) is 8.41. The summed E-state index contributed by atoms with van der Waals surface area (Å²) >= 11 is 1.29. The molecule has 1 heterocycles. The first-order valence-electron chi connectivity index (χ1n) is 9.16. The van der Waals surface area contributed by atoms with Gasteiger partial charge in [0.15, 0.2) is 0 Å². The fraction of sp³-hybridized carbons (Fsp3) is 0.0455. The van der Waals surface area contributed by atoms with E-state index in [1.165, 1.54) is 60.0 Å². The van der Waals surface area contributed by atoms with E-state index < -0.39 is 16.6 Å². The quantitative estimate of drug-likeness (QED) is 0.241. The molecule has 0 N–H and O–H groups in total. The van der Waals surface area contributed by atoms with Gasteiger partial charge in [0.05, 0.1) is 21.4 Å². The van der Waals surface area contributed by atoms with Crippen molar-refractivity contribution in [2.24, 2.45) is 5.10 Å². The molecule has 1 aromatic heterocycles. The molecule has 0 radical (unpaired) electrons. The van der Waals surface area contributed by atoms with Crippen LogP contribution in [0.5, 0.6) is 0 Å². The summed E-state index contributed by atoms with van der Waals surface area (Å²) in [5.41, 5.74) is 2.40. The van der Waals surface area contributed by atoms with Crippen LogP contribution in [0, 0.1) is 22.9 Å². The SMILES string of the molecule is Cc1ccc2nc(N(/N=C/c3ccc([N+](=O)[O-])cc3)C(=O)c3cccc(F)c3)sc2c1. The number of aromatic nitrogens is 1. The lowest BCUT2D eigenvalue weighted by atomic mass is 10.2. The highest BCUT2D eigenvalue weighted by Crippen LogP contribution is 2.30. The lowest BCUT2D eigenvalue weighted by Crippen LogP contribution is -2.25. The van der Waals surface area contributed by atoms with Crippen molar-refractivity contribution in [1.29, 1.82) is 0 Å². The molecule has 154 valence electrons. The molecule has 4 rings (SSSR count). The van der Waals surface area contributed by atoms with E-state index in [2.05, 4.69) is 10.1 Å². The molecule has 3 aromatic carbocycles. The van der Waals surface area contributed by atoms with Crippen LogP contribution in [0.15, 0.2) is 71.8 Å². The van der Waals surface area contributed by atoms with Crippen molar-refractivity contribution in [3.05, 3.63) is 99.4 Å². The summed E-state index contributed by atoms with van der Waals surface area (Å²) in [7, 11) is 0. The van der Waals surface area contributed by atoms with Crippen LogP contribution in [-0.2, 0) is 0 Å². The maximum absolute atomic E-state index is 13.7. The standard InChI is InChI=1S/C22H15FN4O3S/c1-14-5-10-19-20(11-14)31-22(25-19)26(21(28)16-3-2-4-17(23)12-16)24-13-15-6-8-18(9-7-15)27(29)30/h2-13H,1H3/b24-13+. The first-order chi connectivity index (χ1) is 14.9. The normalized spacial score (nSPS) is 11.2. The number of benzene rings is 3. The van der Waals surface area contributed by atoms with Crippen LogP contribution in [-0.4, -0.2) is 22.0 Å². The van der Waals surface area contributed by atoms with Crippen LogP contribution in [0.3, 0.4) is 0 Å². The van der Waals surface area contributed by atoms with E-state index in [9.17, 15) is 19.3 Å². The summed E-state index contributed by atoms with van der Waals surface area (Å²) < 4.78 is 14.6. The number of amides is 1. The number of aryl methyl sites for hydroxylation is 1. The Hall–Kier alpha value is -3.98. The summed E-state index contributed by atoms with van der Waals surface area (Å²) in [5.74, 6) is -1.08. The molecular weight excluding hydrogens is 419 g/mol. The van der Waals surface area contributed by atoms with Gasteiger partial charge in [0, 0.05) is 17.7 Å². The molecule has 0 fully saturated rings. The summed E-state index contributed by atoms with van der Waals surface area (Å²) in [6, 6.07) is 16.8. The van der Waals surface area contributed by atoms with Gasteiger partial charge in [0.2, 0.25) is 5.13 Å². The van der Waals surface area contributed by atoms with Crippen molar-refractivity contribution in [1.82, 2.24) is 4.98 Å². The Morgan fingerprint density at radius 1 is 1.16 bits per heavy atom. The van der Waals surface area contributed by atoms with Crippen molar-refractivity contribution >= 4 is 44.5 Å². The topological polar surface area (TPSA) is 88.7 Å². The van der Waals surface area contributed by atoms with Crippen LogP contribution >= 0.6 is 11.3 Å². The molecule has 4 aromatic rings. The number of nitro groups is 1. The number of carbonyl (C=O) groups excluding carboxylic acids is 1. The Morgan fingerprint density at radius 2 is 1.94 bits per heavy atom. The Morgan fingerprint density at radius 3 is 2.65 bits per heavy atom. The van der Waals surface area contributed by atoms with E-state index in [4.69, 9.17) is 0 Å². The molecule has 0 unspecified atom stereocenters. The highest BCUT2D eigenvalue weighted by Gasteiger charge is 2.21. The summed E-state index contributed by atoms with van der Waals surface area (Å²) in [6.45, 7) is 1.96. The minimum atomic E-state index is -0.548. The smallest absolute Gasteiger partial charge is 0.267 e. The molecule has 0 aliphatic rings. The molecule has 0 atom stereocenters. The molecule has 0 bridgehead atoms. The van der Waals surface area contributed by atoms with E-state index in [1.807, 2.05) is 25.1 Å². The predicted molar refractivity (Wildman–Crippen MR) is 118 cm³/mol. The Balaban J connectivity index is 1.74. The first kappa shape index (κ1) is 20.3. The highest BCUT2D eigenvalue weighted by molar-refractivity contribution is 7.22. The number of anilines is 1. The van der Waals surface area contributed by atoms with E-state index in [0.717, 1.165) is 21.3 Å². The van der Waals surface area contributed by atoms with Gasteiger partial charge in [-0.05, 0) is 60.5 Å². The lowest BCUT2D eigenvalue weighted by molar-refractivity contribution is -0.384. The number of non-ortho nitro benzene ring substituents is 1. The average molecular weight is 434 g/mol. The highest BCUT2D eigenvalue weighted by atomic mass is 32.1. The Bertz CT molecular complexity index is 1320. The molecule has 9 heteroatoms. The van der Waals surface area contributed by atoms with Crippen LogP contribution in [0.4, 0.5) is 15.2 Å².